The highest BCUT2D eigenvalue weighted by molar-refractivity contribution is 7.15. The molecule has 0 bridgehead atoms. The van der Waals surface area contributed by atoms with E-state index in [4.69, 9.17) is 10.7 Å². The summed E-state index contributed by atoms with van der Waals surface area (Å²) in [6.45, 7) is 5.88. The maximum Gasteiger partial charge on any atom is 0.223 e. The van der Waals surface area contributed by atoms with Crippen molar-refractivity contribution in [3.63, 3.8) is 0 Å². The topological polar surface area (TPSA) is 129 Å². The molecule has 2 heterocycles. The third-order valence-electron chi connectivity index (χ3n) is 9.81. The third kappa shape index (κ3) is 4.84. The largest absolute Gasteiger partial charge is 0.396 e. The summed E-state index contributed by atoms with van der Waals surface area (Å²) in [6, 6.07) is 10.2. The van der Waals surface area contributed by atoms with Gasteiger partial charge in [-0.1, -0.05) is 44.2 Å². The Kier molecular flexibility index (Phi) is 7.55. The van der Waals surface area contributed by atoms with Crippen LogP contribution in [0.1, 0.15) is 68.0 Å². The van der Waals surface area contributed by atoms with Crippen LogP contribution in [0, 0.1) is 22.7 Å². The molecule has 2 aliphatic carbocycles. The molecule has 0 spiro atoms. The van der Waals surface area contributed by atoms with Gasteiger partial charge in [0.2, 0.25) is 11.8 Å². The molecular weight excluding hydrogens is 500 g/mol. The van der Waals surface area contributed by atoms with Crippen LogP contribution in [0.15, 0.2) is 30.3 Å². The van der Waals surface area contributed by atoms with Crippen LogP contribution in [0.4, 0.5) is 5.13 Å². The summed E-state index contributed by atoms with van der Waals surface area (Å²) < 4.78 is 0. The van der Waals surface area contributed by atoms with Gasteiger partial charge in [-0.15, -0.1) is 11.3 Å². The zero-order chi connectivity index (χ0) is 27.1. The molecule has 38 heavy (non-hydrogen) atoms. The number of hydrogen-bond donors (Lipinski definition) is 4. The molecule has 2 amide bonds. The summed E-state index contributed by atoms with van der Waals surface area (Å²) >= 11 is 1.63. The zero-order valence-electron chi connectivity index (χ0n) is 22.4. The Morgan fingerprint density at radius 3 is 2.55 bits per heavy atom. The summed E-state index contributed by atoms with van der Waals surface area (Å²) in [6.07, 6.45) is 3.07. The lowest BCUT2D eigenvalue weighted by Gasteiger charge is -2.58. The maximum atomic E-state index is 13.7. The van der Waals surface area contributed by atoms with Gasteiger partial charge in [-0.05, 0) is 49.0 Å². The number of carbonyl (C=O) groups is 2. The first-order valence-corrected chi connectivity index (χ1v) is 14.6. The molecule has 1 saturated carbocycles. The number of aromatic nitrogens is 1. The van der Waals surface area contributed by atoms with Gasteiger partial charge in [0.05, 0.1) is 18.4 Å². The number of benzene rings is 1. The number of likely N-dealkylation sites (tertiary alicyclic amines) is 1. The molecule has 5 atom stereocenters. The van der Waals surface area contributed by atoms with Gasteiger partial charge < -0.3 is 26.2 Å². The predicted molar refractivity (Wildman–Crippen MR) is 147 cm³/mol. The van der Waals surface area contributed by atoms with E-state index in [2.05, 4.69) is 24.4 Å². The van der Waals surface area contributed by atoms with Gasteiger partial charge in [0, 0.05) is 48.2 Å². The van der Waals surface area contributed by atoms with Gasteiger partial charge in [-0.3, -0.25) is 9.59 Å². The van der Waals surface area contributed by atoms with Crippen LogP contribution in [0.25, 0.3) is 0 Å². The summed E-state index contributed by atoms with van der Waals surface area (Å²) in [4.78, 5) is 33.3. The van der Waals surface area contributed by atoms with E-state index in [1.165, 1.54) is 5.56 Å². The minimum Gasteiger partial charge on any atom is -0.396 e. The number of thiazole rings is 1. The predicted octanol–water partition coefficient (Wildman–Crippen LogP) is 3.28. The SMILES string of the molecule is CC1(CO)C(O)CCC2(C)C(CC(=O)N3CCC(C(N)=O)CC3)c3nc(NCc4ccccc4)sc3CC12. The molecule has 8 nitrogen and oxygen atoms in total. The van der Waals surface area contributed by atoms with Crippen molar-refractivity contribution < 1.29 is 19.8 Å². The van der Waals surface area contributed by atoms with Crippen LogP contribution in [0.5, 0.6) is 0 Å². The number of hydrogen-bond acceptors (Lipinski definition) is 7. The van der Waals surface area contributed by atoms with E-state index in [9.17, 15) is 19.8 Å². The van der Waals surface area contributed by atoms with Crippen molar-refractivity contribution in [3.05, 3.63) is 46.5 Å². The fourth-order valence-corrected chi connectivity index (χ4v) is 8.28. The number of anilines is 1. The standard InChI is InChI=1S/C29H40N4O4S/c1-28-11-8-23(35)29(2,17-34)22(28)15-21-25(32-27(38-21)31-16-18-6-4-3-5-7-18)20(28)14-24(36)33-12-9-19(10-13-33)26(30)37/h3-7,19-20,22-23,34-35H,8-17H2,1-2H3,(H2,30,37)(H,31,32). The molecule has 0 radical (unpaired) electrons. The first-order chi connectivity index (χ1) is 18.2. The monoisotopic (exact) mass is 540 g/mol. The summed E-state index contributed by atoms with van der Waals surface area (Å²) in [5.74, 6) is -0.457. The smallest absolute Gasteiger partial charge is 0.223 e. The number of aliphatic hydroxyl groups excluding tert-OH is 2. The van der Waals surface area contributed by atoms with Crippen molar-refractivity contribution in [3.8, 4) is 0 Å². The number of fused-ring (bicyclic) bond motifs is 2. The number of piperidine rings is 1. The Labute approximate surface area is 228 Å². The molecule has 1 saturated heterocycles. The average molecular weight is 541 g/mol. The van der Waals surface area contributed by atoms with E-state index in [-0.39, 0.29) is 41.6 Å². The van der Waals surface area contributed by atoms with Crippen LogP contribution in [0.3, 0.4) is 0 Å². The second-order valence-electron chi connectivity index (χ2n) is 12.0. The van der Waals surface area contributed by atoms with Gasteiger partial charge in [-0.25, -0.2) is 4.98 Å². The van der Waals surface area contributed by atoms with Crippen molar-refractivity contribution in [1.82, 2.24) is 9.88 Å². The molecule has 5 rings (SSSR count). The van der Waals surface area contributed by atoms with Crippen molar-refractivity contribution in [2.75, 3.05) is 25.0 Å². The second kappa shape index (κ2) is 10.6. The average Bonchev–Trinajstić information content (AvgIpc) is 3.34. The Morgan fingerprint density at radius 2 is 1.89 bits per heavy atom. The molecule has 2 fully saturated rings. The van der Waals surface area contributed by atoms with Crippen molar-refractivity contribution in [2.24, 2.45) is 28.4 Å². The Hall–Kier alpha value is -2.49. The van der Waals surface area contributed by atoms with E-state index in [0.29, 0.717) is 45.3 Å². The lowest BCUT2D eigenvalue weighted by atomic mass is 9.47. The number of aliphatic hydroxyl groups is 2. The van der Waals surface area contributed by atoms with Gasteiger partial charge in [0.1, 0.15) is 0 Å². The normalized spacial score (nSPS) is 31.4. The molecule has 9 heteroatoms. The van der Waals surface area contributed by atoms with Crippen molar-refractivity contribution >= 4 is 28.3 Å². The number of nitrogens with zero attached hydrogens (tertiary/aromatic N) is 2. The molecule has 5 N–H and O–H groups in total. The molecule has 3 aliphatic rings. The number of primary amides is 1. The molecule has 1 aromatic heterocycles. The van der Waals surface area contributed by atoms with E-state index in [1.807, 2.05) is 30.0 Å². The Bertz CT molecular complexity index is 1160. The summed E-state index contributed by atoms with van der Waals surface area (Å²) in [7, 11) is 0. The van der Waals surface area contributed by atoms with Gasteiger partial charge in [0.25, 0.3) is 0 Å². The lowest BCUT2D eigenvalue weighted by Crippen LogP contribution is -2.58. The summed E-state index contributed by atoms with van der Waals surface area (Å²) in [5, 5.41) is 25.8. The lowest BCUT2D eigenvalue weighted by molar-refractivity contribution is -0.148. The number of amides is 2. The van der Waals surface area contributed by atoms with Gasteiger partial charge in [0.15, 0.2) is 5.13 Å². The van der Waals surface area contributed by atoms with E-state index < -0.39 is 11.5 Å². The second-order valence-corrected chi connectivity index (χ2v) is 13.0. The maximum absolute atomic E-state index is 13.7. The minimum absolute atomic E-state index is 0.0251. The third-order valence-corrected chi connectivity index (χ3v) is 10.9. The minimum atomic E-state index is -0.645. The van der Waals surface area contributed by atoms with Crippen LogP contribution >= 0.6 is 11.3 Å². The molecule has 1 aromatic carbocycles. The number of rotatable bonds is 7. The first kappa shape index (κ1) is 27.1. The first-order valence-electron chi connectivity index (χ1n) is 13.8. The fraction of sp³-hybridized carbons (Fsp3) is 0.621. The quantitative estimate of drug-likeness (QED) is 0.427. The van der Waals surface area contributed by atoms with Crippen LogP contribution in [-0.2, 0) is 22.6 Å². The van der Waals surface area contributed by atoms with Gasteiger partial charge in [-0.2, -0.15) is 0 Å². The summed E-state index contributed by atoms with van der Waals surface area (Å²) in [5.41, 5.74) is 6.73. The van der Waals surface area contributed by atoms with Gasteiger partial charge >= 0.3 is 0 Å². The number of nitrogens with one attached hydrogen (secondary N) is 1. The highest BCUT2D eigenvalue weighted by Gasteiger charge is 2.59. The highest BCUT2D eigenvalue weighted by atomic mass is 32.1. The van der Waals surface area contributed by atoms with E-state index in [0.717, 1.165) is 28.5 Å². The zero-order valence-corrected chi connectivity index (χ0v) is 23.2. The molecule has 1 aliphatic heterocycles. The molecule has 2 aromatic rings. The van der Waals surface area contributed by atoms with Crippen LogP contribution in [0.2, 0.25) is 0 Å². The Balaban J connectivity index is 1.43. The highest BCUT2D eigenvalue weighted by Crippen LogP contribution is 2.63. The van der Waals surface area contributed by atoms with E-state index >= 15 is 0 Å². The Morgan fingerprint density at radius 1 is 1.18 bits per heavy atom. The van der Waals surface area contributed by atoms with Crippen molar-refractivity contribution in [1.29, 1.82) is 0 Å². The van der Waals surface area contributed by atoms with Crippen LogP contribution < -0.4 is 11.1 Å². The van der Waals surface area contributed by atoms with E-state index in [1.54, 1.807) is 11.3 Å². The molecule has 5 unspecified atom stereocenters. The van der Waals surface area contributed by atoms with Crippen LogP contribution in [-0.4, -0.2) is 57.7 Å². The molecular formula is C29H40N4O4S. The number of nitrogens with two attached hydrogens (primary N) is 1. The molecule has 206 valence electrons. The number of carbonyl (C=O) groups excluding carboxylic acids is 2. The fourth-order valence-electron chi connectivity index (χ4n) is 7.21. The van der Waals surface area contributed by atoms with Crippen molar-refractivity contribution in [2.45, 2.75) is 70.9 Å².